The fourth-order valence-corrected chi connectivity index (χ4v) is 3.99. The smallest absolute Gasteiger partial charge is 0.303 e. The lowest BCUT2D eigenvalue weighted by Crippen LogP contribution is -2.38. The fourth-order valence-electron chi connectivity index (χ4n) is 2.98. The summed E-state index contributed by atoms with van der Waals surface area (Å²) < 4.78 is 1.71. The summed E-state index contributed by atoms with van der Waals surface area (Å²) in [5, 5.41) is 13.8. The third-order valence-corrected chi connectivity index (χ3v) is 5.50. The number of amides is 1. The maximum atomic E-state index is 12.8. The van der Waals surface area contributed by atoms with E-state index in [1.807, 2.05) is 25.1 Å². The van der Waals surface area contributed by atoms with Gasteiger partial charge in [0.15, 0.2) is 0 Å². The van der Waals surface area contributed by atoms with Crippen LogP contribution < -0.4 is 0 Å². The monoisotopic (exact) mass is 348 g/mol. The van der Waals surface area contributed by atoms with E-state index in [0.29, 0.717) is 18.0 Å². The van der Waals surface area contributed by atoms with Gasteiger partial charge in [0.25, 0.3) is 5.91 Å². The van der Waals surface area contributed by atoms with E-state index in [-0.39, 0.29) is 18.2 Å². The number of aliphatic carboxylic acids is 1. The molecule has 7 nitrogen and oxygen atoms in total. The van der Waals surface area contributed by atoms with E-state index in [1.54, 1.807) is 10.9 Å². The third-order valence-electron chi connectivity index (χ3n) is 4.31. The van der Waals surface area contributed by atoms with Crippen LogP contribution in [0.3, 0.4) is 0 Å². The molecule has 1 saturated heterocycles. The van der Waals surface area contributed by atoms with Crippen molar-refractivity contribution in [2.75, 3.05) is 13.1 Å². The van der Waals surface area contributed by atoms with Crippen molar-refractivity contribution in [3.05, 3.63) is 23.0 Å². The maximum Gasteiger partial charge on any atom is 0.303 e. The number of hydrogen-bond acceptors (Lipinski definition) is 5. The number of hydrogen-bond donors (Lipinski definition) is 1. The number of thiazole rings is 1. The zero-order valence-corrected chi connectivity index (χ0v) is 14.5. The second kappa shape index (κ2) is 6.72. The molecule has 0 radical (unpaired) electrons. The zero-order valence-electron chi connectivity index (χ0n) is 13.7. The van der Waals surface area contributed by atoms with Gasteiger partial charge < -0.3 is 10.0 Å². The lowest BCUT2D eigenvalue weighted by molar-refractivity contribution is -0.138. The summed E-state index contributed by atoms with van der Waals surface area (Å²) >= 11 is 1.39. The Morgan fingerprint density at radius 1 is 1.38 bits per heavy atom. The first kappa shape index (κ1) is 16.6. The minimum absolute atomic E-state index is 0.00563. The van der Waals surface area contributed by atoms with E-state index >= 15 is 0 Å². The van der Waals surface area contributed by atoms with Crippen LogP contribution in [-0.2, 0) is 11.8 Å². The van der Waals surface area contributed by atoms with Gasteiger partial charge in [-0.05, 0) is 25.7 Å². The molecule has 1 fully saturated rings. The molecule has 0 spiro atoms. The quantitative estimate of drug-likeness (QED) is 0.915. The molecule has 2 aromatic rings. The van der Waals surface area contributed by atoms with Gasteiger partial charge in [0.1, 0.15) is 9.88 Å². The van der Waals surface area contributed by atoms with Gasteiger partial charge in [-0.3, -0.25) is 14.3 Å². The van der Waals surface area contributed by atoms with E-state index in [2.05, 4.69) is 10.1 Å². The highest BCUT2D eigenvalue weighted by Crippen LogP contribution is 2.30. The van der Waals surface area contributed by atoms with Gasteiger partial charge in [-0.1, -0.05) is 0 Å². The van der Waals surface area contributed by atoms with Crippen LogP contribution in [0.1, 0.15) is 34.6 Å². The summed E-state index contributed by atoms with van der Waals surface area (Å²) in [6.07, 6.45) is 5.29. The molecule has 1 N–H and O–H groups in total. The Bertz CT molecular complexity index is 759. The lowest BCUT2D eigenvalue weighted by atomic mass is 9.93. The topological polar surface area (TPSA) is 88.3 Å². The molecule has 24 heavy (non-hydrogen) atoms. The van der Waals surface area contributed by atoms with Crippen LogP contribution in [-0.4, -0.2) is 49.7 Å². The summed E-state index contributed by atoms with van der Waals surface area (Å²) in [6.45, 7) is 3.06. The molecule has 1 aliphatic heterocycles. The SMILES string of the molecule is Cc1nc(-c2cnn(C)c2)sc1C(=O)N1CCC(CC(=O)O)CC1. The van der Waals surface area contributed by atoms with Gasteiger partial charge in [0.05, 0.1) is 11.9 Å². The number of carbonyl (C=O) groups is 2. The number of carboxylic acid groups (broad SMARTS) is 1. The highest BCUT2D eigenvalue weighted by molar-refractivity contribution is 7.17. The molecule has 2 aromatic heterocycles. The largest absolute Gasteiger partial charge is 0.481 e. The van der Waals surface area contributed by atoms with Gasteiger partial charge in [-0.15, -0.1) is 11.3 Å². The van der Waals surface area contributed by atoms with Gasteiger partial charge in [0.2, 0.25) is 0 Å². The zero-order chi connectivity index (χ0) is 17.3. The van der Waals surface area contributed by atoms with Gasteiger partial charge in [-0.2, -0.15) is 5.10 Å². The molecule has 128 valence electrons. The van der Waals surface area contributed by atoms with Crippen LogP contribution in [0.15, 0.2) is 12.4 Å². The van der Waals surface area contributed by atoms with Crippen molar-refractivity contribution >= 4 is 23.2 Å². The van der Waals surface area contributed by atoms with E-state index in [1.165, 1.54) is 11.3 Å². The number of carboxylic acids is 1. The Morgan fingerprint density at radius 2 is 2.08 bits per heavy atom. The predicted octanol–water partition coefficient (Wildman–Crippen LogP) is 2.18. The number of carbonyl (C=O) groups excluding carboxylic acids is 1. The Balaban J connectivity index is 1.70. The predicted molar refractivity (Wildman–Crippen MR) is 89.9 cm³/mol. The Kier molecular flexibility index (Phi) is 4.66. The molecule has 1 amide bonds. The van der Waals surface area contributed by atoms with E-state index < -0.39 is 5.97 Å². The fraction of sp³-hybridized carbons (Fsp3) is 0.500. The van der Waals surface area contributed by atoms with Gasteiger partial charge in [0, 0.05) is 38.3 Å². The van der Waals surface area contributed by atoms with Crippen molar-refractivity contribution in [2.45, 2.75) is 26.2 Å². The average molecular weight is 348 g/mol. The summed E-state index contributed by atoms with van der Waals surface area (Å²) in [4.78, 5) is 30.5. The summed E-state index contributed by atoms with van der Waals surface area (Å²) in [7, 11) is 1.84. The normalized spacial score (nSPS) is 15.7. The number of aryl methyl sites for hydroxylation is 2. The first-order valence-corrected chi connectivity index (χ1v) is 8.73. The summed E-state index contributed by atoms with van der Waals surface area (Å²) in [5.41, 5.74) is 1.64. The van der Waals surface area contributed by atoms with E-state index in [4.69, 9.17) is 5.11 Å². The molecule has 0 saturated carbocycles. The number of piperidine rings is 1. The Hall–Kier alpha value is -2.22. The Labute approximate surface area is 143 Å². The molecule has 0 aromatic carbocycles. The molecule has 1 aliphatic rings. The summed E-state index contributed by atoms with van der Waals surface area (Å²) in [5.74, 6) is -0.604. The molecular weight excluding hydrogens is 328 g/mol. The Morgan fingerprint density at radius 3 is 2.67 bits per heavy atom. The van der Waals surface area contributed by atoms with Crippen LogP contribution in [0.2, 0.25) is 0 Å². The number of nitrogens with zero attached hydrogens (tertiary/aromatic N) is 4. The van der Waals surface area contributed by atoms with Crippen LogP contribution in [0, 0.1) is 12.8 Å². The van der Waals surface area contributed by atoms with Crippen LogP contribution in [0.25, 0.3) is 10.6 Å². The standard InChI is InChI=1S/C16H20N4O3S/c1-10-14(24-15(18-10)12-8-17-19(2)9-12)16(23)20-5-3-11(4-6-20)7-13(21)22/h8-9,11H,3-7H2,1-2H3,(H,21,22). The average Bonchev–Trinajstić information content (AvgIpc) is 3.13. The minimum atomic E-state index is -0.765. The van der Waals surface area contributed by atoms with E-state index in [9.17, 15) is 9.59 Å². The first-order valence-electron chi connectivity index (χ1n) is 7.91. The molecular formula is C16H20N4O3S. The number of aromatic nitrogens is 3. The van der Waals surface area contributed by atoms with Crippen molar-refractivity contribution in [1.29, 1.82) is 0 Å². The van der Waals surface area contributed by atoms with Crippen LogP contribution in [0.4, 0.5) is 0 Å². The van der Waals surface area contributed by atoms with Gasteiger partial charge in [-0.25, -0.2) is 4.98 Å². The minimum Gasteiger partial charge on any atom is -0.481 e. The summed E-state index contributed by atoms with van der Waals surface area (Å²) in [6, 6.07) is 0. The maximum absolute atomic E-state index is 12.8. The van der Waals surface area contributed by atoms with Crippen molar-refractivity contribution in [2.24, 2.45) is 13.0 Å². The van der Waals surface area contributed by atoms with Crippen molar-refractivity contribution < 1.29 is 14.7 Å². The number of rotatable bonds is 4. The molecule has 0 atom stereocenters. The molecule has 0 unspecified atom stereocenters. The first-order chi connectivity index (χ1) is 11.4. The second-order valence-electron chi connectivity index (χ2n) is 6.17. The van der Waals surface area contributed by atoms with Gasteiger partial charge >= 0.3 is 5.97 Å². The van der Waals surface area contributed by atoms with Crippen molar-refractivity contribution in [1.82, 2.24) is 19.7 Å². The van der Waals surface area contributed by atoms with Crippen LogP contribution in [0.5, 0.6) is 0 Å². The van der Waals surface area contributed by atoms with Crippen molar-refractivity contribution in [3.8, 4) is 10.6 Å². The highest BCUT2D eigenvalue weighted by Gasteiger charge is 2.27. The molecule has 0 aliphatic carbocycles. The molecule has 8 heteroatoms. The third kappa shape index (κ3) is 3.48. The van der Waals surface area contributed by atoms with Crippen LogP contribution >= 0.6 is 11.3 Å². The molecule has 3 heterocycles. The second-order valence-corrected chi connectivity index (χ2v) is 7.17. The molecule has 0 bridgehead atoms. The van der Waals surface area contributed by atoms with Crippen molar-refractivity contribution in [3.63, 3.8) is 0 Å². The lowest BCUT2D eigenvalue weighted by Gasteiger charge is -2.31. The highest BCUT2D eigenvalue weighted by atomic mass is 32.1. The number of likely N-dealkylation sites (tertiary alicyclic amines) is 1. The van der Waals surface area contributed by atoms with E-state index in [0.717, 1.165) is 29.1 Å². The molecule has 3 rings (SSSR count).